The molecule has 0 spiro atoms. The van der Waals surface area contributed by atoms with Crippen molar-refractivity contribution in [2.75, 3.05) is 11.4 Å². The third-order valence-electron chi connectivity index (χ3n) is 6.65. The average molecular weight is 496 g/mol. The molecule has 6 nitrogen and oxygen atoms in total. The largest absolute Gasteiger partial charge is 0.511 e. The third kappa shape index (κ3) is 4.20. The van der Waals surface area contributed by atoms with Gasteiger partial charge in [0.1, 0.15) is 0 Å². The summed E-state index contributed by atoms with van der Waals surface area (Å²) in [5, 5.41) is 0. The molecule has 2 aromatic rings. The second-order valence-corrected chi connectivity index (χ2v) is 10.8. The monoisotopic (exact) mass is 496 g/mol. The summed E-state index contributed by atoms with van der Waals surface area (Å²) in [6, 6.07) is 1.44. The number of aromatic amines is 1. The first-order valence-electron chi connectivity index (χ1n) is 10.1. The number of halogens is 6. The van der Waals surface area contributed by atoms with E-state index in [9.17, 15) is 34.8 Å². The van der Waals surface area contributed by atoms with Gasteiger partial charge in [0, 0.05) is 31.0 Å². The molecular weight excluding hydrogens is 474 g/mol. The molecule has 1 aromatic carbocycles. The normalized spacial score (nSPS) is 21.6. The number of H-pyrrole nitrogens is 1. The third-order valence-corrected chi connectivity index (χ3v) is 8.19. The Bertz CT molecular complexity index is 1140. The smallest absolute Gasteiger partial charge is 0.361 e. The Labute approximate surface area is 186 Å². The van der Waals surface area contributed by atoms with Gasteiger partial charge in [0.25, 0.3) is 0 Å². The molecular formula is C20H22F6N4O2S. The molecule has 4 rings (SSSR count). The van der Waals surface area contributed by atoms with Crippen molar-refractivity contribution in [2.24, 2.45) is 5.41 Å². The van der Waals surface area contributed by atoms with Crippen LogP contribution < -0.4 is 4.90 Å². The maximum Gasteiger partial charge on any atom is 0.511 e. The molecule has 0 saturated heterocycles. The number of alkyl halides is 6. The van der Waals surface area contributed by atoms with Crippen LogP contribution in [0.3, 0.4) is 0 Å². The zero-order valence-corrected chi connectivity index (χ0v) is 18.6. The van der Waals surface area contributed by atoms with Crippen molar-refractivity contribution in [3.63, 3.8) is 0 Å². The predicted octanol–water partition coefficient (Wildman–Crippen LogP) is 4.58. The molecule has 1 aliphatic carbocycles. The minimum atomic E-state index is -5.78. The molecule has 1 aromatic heterocycles. The SMILES string of the molecule is Cc1c(C(F)(F)F)ccc2c1CN(S(=O)(=O)C(F)(F)F)C[C@H](C1(C)CC1)N2Cc1cnc[nH]1. The van der Waals surface area contributed by atoms with E-state index in [1.165, 1.54) is 18.6 Å². The average Bonchev–Trinajstić information content (AvgIpc) is 3.26. The highest BCUT2D eigenvalue weighted by Crippen LogP contribution is 2.53. The Hall–Kier alpha value is -2.28. The number of fused-ring (bicyclic) bond motifs is 1. The molecule has 1 atom stereocenters. The number of sulfonamides is 1. The van der Waals surface area contributed by atoms with E-state index in [1.807, 2.05) is 6.92 Å². The predicted molar refractivity (Wildman–Crippen MR) is 107 cm³/mol. The summed E-state index contributed by atoms with van der Waals surface area (Å²) in [6.45, 7) is 1.82. The van der Waals surface area contributed by atoms with Gasteiger partial charge in [-0.2, -0.15) is 30.6 Å². The van der Waals surface area contributed by atoms with Crippen LogP contribution in [0, 0.1) is 12.3 Å². The fourth-order valence-corrected chi connectivity index (χ4v) is 5.35. The van der Waals surface area contributed by atoms with E-state index < -0.39 is 51.8 Å². The standard InChI is InChI=1S/C20H22F6N4O2S/c1-12-14-9-29(33(31,32)20(24,25)26)10-17(18(2)5-6-18)30(8-13-7-27-11-28-13)16(14)4-3-15(12)19(21,22)23/h3-4,7,11,17H,5-6,8-10H2,1-2H3,(H,27,28)/t17-/m1/s1. The van der Waals surface area contributed by atoms with E-state index >= 15 is 0 Å². The van der Waals surface area contributed by atoms with Gasteiger partial charge in [0.2, 0.25) is 0 Å². The summed E-state index contributed by atoms with van der Waals surface area (Å²) < 4.78 is 106. The topological polar surface area (TPSA) is 69.3 Å². The summed E-state index contributed by atoms with van der Waals surface area (Å²) in [5.74, 6) is 0. The fourth-order valence-electron chi connectivity index (χ4n) is 4.43. The fraction of sp³-hybridized carbons (Fsp3) is 0.550. The molecule has 2 heterocycles. The Morgan fingerprint density at radius 3 is 2.36 bits per heavy atom. The van der Waals surface area contributed by atoms with Gasteiger partial charge in [-0.3, -0.25) is 0 Å². The number of nitrogens with zero attached hydrogens (tertiary/aromatic N) is 3. The van der Waals surface area contributed by atoms with Gasteiger partial charge in [0.05, 0.1) is 24.1 Å². The first-order chi connectivity index (χ1) is 15.1. The molecule has 0 bridgehead atoms. The highest BCUT2D eigenvalue weighted by molar-refractivity contribution is 7.89. The van der Waals surface area contributed by atoms with Crippen LogP contribution in [-0.4, -0.2) is 40.8 Å². The van der Waals surface area contributed by atoms with Crippen LogP contribution in [0.25, 0.3) is 0 Å². The van der Waals surface area contributed by atoms with Crippen LogP contribution in [0.15, 0.2) is 24.7 Å². The molecule has 1 aliphatic heterocycles. The zero-order valence-electron chi connectivity index (χ0n) is 17.8. The maximum atomic E-state index is 13.6. The molecule has 2 aliphatic rings. The molecule has 1 saturated carbocycles. The van der Waals surface area contributed by atoms with Crippen molar-refractivity contribution in [3.8, 4) is 0 Å². The first kappa shape index (κ1) is 23.9. The Morgan fingerprint density at radius 2 is 1.85 bits per heavy atom. The second kappa shape index (κ2) is 7.62. The molecule has 33 heavy (non-hydrogen) atoms. The van der Waals surface area contributed by atoms with Gasteiger partial charge in [-0.15, -0.1) is 0 Å². The number of nitrogens with one attached hydrogen (secondary N) is 1. The van der Waals surface area contributed by atoms with E-state index in [2.05, 4.69) is 9.97 Å². The van der Waals surface area contributed by atoms with Gasteiger partial charge in [-0.25, -0.2) is 13.4 Å². The number of rotatable bonds is 4. The van der Waals surface area contributed by atoms with Crippen LogP contribution in [0.4, 0.5) is 32.0 Å². The molecule has 13 heteroatoms. The van der Waals surface area contributed by atoms with E-state index in [4.69, 9.17) is 0 Å². The molecule has 1 fully saturated rings. The lowest BCUT2D eigenvalue weighted by molar-refractivity contribution is -0.138. The summed E-state index contributed by atoms with van der Waals surface area (Å²) in [4.78, 5) is 8.55. The van der Waals surface area contributed by atoms with Crippen molar-refractivity contribution < 1.29 is 34.8 Å². The Kier molecular flexibility index (Phi) is 5.51. The minimum absolute atomic E-state index is 0.0936. The van der Waals surface area contributed by atoms with Gasteiger partial charge < -0.3 is 9.88 Å². The Balaban J connectivity index is 1.93. The molecule has 0 amide bonds. The number of hydrogen-bond acceptors (Lipinski definition) is 4. The van der Waals surface area contributed by atoms with Crippen LogP contribution in [-0.2, 0) is 29.3 Å². The van der Waals surface area contributed by atoms with E-state index in [-0.39, 0.29) is 27.7 Å². The lowest BCUT2D eigenvalue weighted by Crippen LogP contribution is -2.50. The summed E-state index contributed by atoms with van der Waals surface area (Å²) >= 11 is 0. The minimum Gasteiger partial charge on any atom is -0.361 e. The van der Waals surface area contributed by atoms with E-state index in [0.717, 1.165) is 13.0 Å². The number of imidazole rings is 1. The van der Waals surface area contributed by atoms with Gasteiger partial charge in [0.15, 0.2) is 0 Å². The van der Waals surface area contributed by atoms with Crippen LogP contribution in [0.1, 0.15) is 42.1 Å². The van der Waals surface area contributed by atoms with Crippen molar-refractivity contribution >= 4 is 15.7 Å². The summed E-state index contributed by atoms with van der Waals surface area (Å²) in [6.07, 6.45) is -0.494. The molecule has 0 unspecified atom stereocenters. The molecule has 1 N–H and O–H groups in total. The van der Waals surface area contributed by atoms with Crippen molar-refractivity contribution in [1.82, 2.24) is 14.3 Å². The van der Waals surface area contributed by atoms with Crippen LogP contribution in [0.2, 0.25) is 0 Å². The maximum absolute atomic E-state index is 13.6. The lowest BCUT2D eigenvalue weighted by Gasteiger charge is -2.38. The quantitative estimate of drug-likeness (QED) is 0.630. The van der Waals surface area contributed by atoms with E-state index in [1.54, 1.807) is 4.90 Å². The van der Waals surface area contributed by atoms with Crippen molar-refractivity contribution in [2.45, 2.75) is 57.5 Å². The van der Waals surface area contributed by atoms with Gasteiger partial charge >= 0.3 is 21.7 Å². The van der Waals surface area contributed by atoms with Gasteiger partial charge in [-0.1, -0.05) is 6.92 Å². The Morgan fingerprint density at radius 1 is 1.18 bits per heavy atom. The number of anilines is 1. The summed E-state index contributed by atoms with van der Waals surface area (Å²) in [5.41, 5.74) is -6.58. The molecule has 182 valence electrons. The van der Waals surface area contributed by atoms with Crippen LogP contribution in [0.5, 0.6) is 0 Å². The molecule has 0 radical (unpaired) electrons. The highest BCUT2D eigenvalue weighted by atomic mass is 32.2. The van der Waals surface area contributed by atoms with Crippen molar-refractivity contribution in [1.29, 1.82) is 0 Å². The number of hydrogen-bond donors (Lipinski definition) is 1. The van der Waals surface area contributed by atoms with Crippen molar-refractivity contribution in [3.05, 3.63) is 47.0 Å². The first-order valence-corrected chi connectivity index (χ1v) is 11.6. The van der Waals surface area contributed by atoms with Crippen LogP contribution >= 0.6 is 0 Å². The lowest BCUT2D eigenvalue weighted by atomic mass is 9.95. The number of aromatic nitrogens is 2. The second-order valence-electron chi connectivity index (χ2n) is 8.85. The zero-order chi connectivity index (χ0) is 24.4. The van der Waals surface area contributed by atoms with Gasteiger partial charge in [-0.05, 0) is 48.4 Å². The summed E-state index contributed by atoms with van der Waals surface area (Å²) in [7, 11) is -5.78. The highest BCUT2D eigenvalue weighted by Gasteiger charge is 2.55. The number of benzene rings is 1. The van der Waals surface area contributed by atoms with E-state index in [0.29, 0.717) is 18.5 Å².